The first-order valence-electron chi connectivity index (χ1n) is 4.72. The Hall–Kier alpha value is -1.68. The molecule has 0 saturated carbocycles. The van der Waals surface area contributed by atoms with Crippen molar-refractivity contribution in [2.24, 2.45) is 5.73 Å². The molecule has 0 aliphatic heterocycles. The Morgan fingerprint density at radius 1 is 1.39 bits per heavy atom. The quantitative estimate of drug-likeness (QED) is 0.447. The summed E-state index contributed by atoms with van der Waals surface area (Å²) in [7, 11) is -3.28. The molecular weight excluding hydrogens is 268 g/mol. The molecular formula is C8H14N2O7S. The van der Waals surface area contributed by atoms with Crippen molar-refractivity contribution in [3.05, 3.63) is 0 Å². The van der Waals surface area contributed by atoms with Gasteiger partial charge in [0.2, 0.25) is 15.9 Å². The monoisotopic (exact) mass is 282 g/mol. The van der Waals surface area contributed by atoms with Gasteiger partial charge >= 0.3 is 11.9 Å². The first kappa shape index (κ1) is 16.3. The van der Waals surface area contributed by atoms with E-state index in [9.17, 15) is 22.8 Å². The number of carbonyl (C=O) groups is 3. The van der Waals surface area contributed by atoms with Gasteiger partial charge in [0.05, 0.1) is 13.5 Å². The third kappa shape index (κ3) is 4.67. The number of amides is 1. The van der Waals surface area contributed by atoms with E-state index in [-0.39, 0.29) is 0 Å². The van der Waals surface area contributed by atoms with E-state index in [0.29, 0.717) is 0 Å². The number of carbonyl (C=O) groups excluding carboxylic acids is 2. The normalized spacial score (nSPS) is 14.6. The molecule has 0 saturated heterocycles. The summed E-state index contributed by atoms with van der Waals surface area (Å²) < 4.78 is 29.1. The van der Waals surface area contributed by atoms with Gasteiger partial charge in [-0.15, -0.1) is 0 Å². The highest BCUT2D eigenvalue weighted by molar-refractivity contribution is 7.90. The number of carboxylic acid groups (broad SMARTS) is 1. The zero-order chi connectivity index (χ0) is 14.5. The minimum Gasteiger partial charge on any atom is -0.480 e. The Balaban J connectivity index is 4.97. The first-order valence-corrected chi connectivity index (χ1v) is 6.26. The maximum atomic E-state index is 11.6. The summed E-state index contributed by atoms with van der Waals surface area (Å²) in [5.41, 5.74) is 4.78. The number of rotatable bonds is 7. The number of nitrogens with two attached hydrogens (primary N) is 1. The second-order valence-corrected chi connectivity index (χ2v) is 5.42. The number of sulfonamides is 1. The van der Waals surface area contributed by atoms with Crippen molar-refractivity contribution in [3.63, 3.8) is 0 Å². The second-order valence-electron chi connectivity index (χ2n) is 3.39. The lowest BCUT2D eigenvalue weighted by Gasteiger charge is -2.16. The van der Waals surface area contributed by atoms with Crippen LogP contribution in [0.3, 0.4) is 0 Å². The lowest BCUT2D eigenvalue weighted by atomic mass is 10.2. The molecule has 0 rings (SSSR count). The van der Waals surface area contributed by atoms with Gasteiger partial charge in [-0.2, -0.15) is 4.72 Å². The van der Waals surface area contributed by atoms with E-state index in [2.05, 4.69) is 4.74 Å². The highest BCUT2D eigenvalue weighted by Gasteiger charge is 2.33. The molecule has 0 aliphatic carbocycles. The van der Waals surface area contributed by atoms with Crippen LogP contribution >= 0.6 is 0 Å². The molecule has 0 aromatic carbocycles. The van der Waals surface area contributed by atoms with Crippen LogP contribution in [-0.2, 0) is 29.1 Å². The number of aliphatic carboxylic acids is 1. The molecule has 0 aromatic rings. The van der Waals surface area contributed by atoms with Gasteiger partial charge in [-0.1, -0.05) is 0 Å². The van der Waals surface area contributed by atoms with Gasteiger partial charge in [0, 0.05) is 0 Å². The number of esters is 1. The SMILES string of the molecule is COC(=O)C(C)S(=O)(=O)N[C@@H](CC(N)=O)C(=O)O. The molecule has 0 heterocycles. The summed E-state index contributed by atoms with van der Waals surface area (Å²) in [5.74, 6) is -3.61. The number of nitrogens with one attached hydrogen (secondary N) is 1. The molecule has 4 N–H and O–H groups in total. The highest BCUT2D eigenvalue weighted by Crippen LogP contribution is 2.04. The fourth-order valence-corrected chi connectivity index (χ4v) is 2.11. The number of hydrogen-bond acceptors (Lipinski definition) is 6. The predicted octanol–water partition coefficient (Wildman–Crippen LogP) is -2.20. The van der Waals surface area contributed by atoms with Crippen molar-refractivity contribution in [3.8, 4) is 0 Å². The molecule has 1 amide bonds. The van der Waals surface area contributed by atoms with Crippen molar-refractivity contribution in [2.45, 2.75) is 24.6 Å². The van der Waals surface area contributed by atoms with Crippen LogP contribution in [0.4, 0.5) is 0 Å². The van der Waals surface area contributed by atoms with E-state index in [0.717, 1.165) is 14.0 Å². The third-order valence-corrected chi connectivity index (χ3v) is 3.74. The average molecular weight is 282 g/mol. The highest BCUT2D eigenvalue weighted by atomic mass is 32.2. The molecule has 0 radical (unpaired) electrons. The average Bonchev–Trinajstić information content (AvgIpc) is 2.24. The standard InChI is InChI=1S/C8H14N2O7S/c1-4(8(14)17-2)18(15,16)10-5(7(12)13)3-6(9)11/h4-5,10H,3H2,1-2H3,(H2,9,11)(H,12,13)/t4?,5-/m0/s1. The van der Waals surface area contributed by atoms with Gasteiger partial charge in [0.15, 0.2) is 5.25 Å². The van der Waals surface area contributed by atoms with Gasteiger partial charge in [0.25, 0.3) is 0 Å². The van der Waals surface area contributed by atoms with Crippen LogP contribution in [-0.4, -0.2) is 49.8 Å². The fraction of sp³-hybridized carbons (Fsp3) is 0.625. The Bertz CT molecular complexity index is 444. The minimum atomic E-state index is -4.27. The van der Waals surface area contributed by atoms with Crippen LogP contribution in [0.1, 0.15) is 13.3 Å². The number of hydrogen-bond donors (Lipinski definition) is 3. The van der Waals surface area contributed by atoms with Crippen molar-refractivity contribution in [2.75, 3.05) is 7.11 Å². The Labute approximate surface area is 103 Å². The van der Waals surface area contributed by atoms with Crippen LogP contribution in [0.15, 0.2) is 0 Å². The number of ether oxygens (including phenoxy) is 1. The summed E-state index contributed by atoms with van der Waals surface area (Å²) in [6, 6.07) is -1.72. The Kier molecular flexibility index (Phi) is 5.72. The number of methoxy groups -OCH3 is 1. The van der Waals surface area contributed by atoms with Crippen LogP contribution in [0, 0.1) is 0 Å². The summed E-state index contributed by atoms with van der Waals surface area (Å²) >= 11 is 0. The summed E-state index contributed by atoms with van der Waals surface area (Å²) in [6.45, 7) is 1.03. The molecule has 0 spiro atoms. The Morgan fingerprint density at radius 3 is 2.22 bits per heavy atom. The molecule has 9 nitrogen and oxygen atoms in total. The molecule has 1 unspecified atom stereocenters. The topological polar surface area (TPSA) is 153 Å². The van der Waals surface area contributed by atoms with Crippen molar-refractivity contribution < 1.29 is 32.6 Å². The zero-order valence-corrected chi connectivity index (χ0v) is 10.6. The zero-order valence-electron chi connectivity index (χ0n) is 9.74. The largest absolute Gasteiger partial charge is 0.480 e. The van der Waals surface area contributed by atoms with E-state index in [1.54, 1.807) is 4.72 Å². The van der Waals surface area contributed by atoms with Crippen molar-refractivity contribution in [1.82, 2.24) is 4.72 Å². The number of primary amides is 1. The molecule has 10 heteroatoms. The summed E-state index contributed by atoms with van der Waals surface area (Å²) in [6.07, 6.45) is -0.720. The van der Waals surface area contributed by atoms with Crippen LogP contribution < -0.4 is 10.5 Å². The van der Waals surface area contributed by atoms with Crippen molar-refractivity contribution in [1.29, 1.82) is 0 Å². The Morgan fingerprint density at radius 2 is 1.89 bits per heavy atom. The third-order valence-electron chi connectivity index (χ3n) is 2.01. The van der Waals surface area contributed by atoms with Gasteiger partial charge in [-0.3, -0.25) is 14.4 Å². The maximum Gasteiger partial charge on any atom is 0.325 e. The van der Waals surface area contributed by atoms with Crippen LogP contribution in [0.2, 0.25) is 0 Å². The summed E-state index contributed by atoms with van der Waals surface area (Å²) in [4.78, 5) is 32.4. The molecule has 0 aromatic heterocycles. The molecule has 104 valence electrons. The smallest absolute Gasteiger partial charge is 0.325 e. The molecule has 0 aliphatic rings. The van der Waals surface area contributed by atoms with E-state index in [1.807, 2.05) is 0 Å². The van der Waals surface area contributed by atoms with E-state index in [4.69, 9.17) is 10.8 Å². The summed E-state index contributed by atoms with van der Waals surface area (Å²) in [5, 5.41) is 7.11. The first-order chi connectivity index (χ1) is 8.11. The van der Waals surface area contributed by atoms with Gasteiger partial charge in [-0.05, 0) is 6.92 Å². The molecule has 18 heavy (non-hydrogen) atoms. The molecule has 2 atom stereocenters. The lowest BCUT2D eigenvalue weighted by Crippen LogP contribution is -2.48. The lowest BCUT2D eigenvalue weighted by molar-refractivity contribution is -0.141. The van der Waals surface area contributed by atoms with Gasteiger partial charge in [0.1, 0.15) is 6.04 Å². The van der Waals surface area contributed by atoms with Gasteiger partial charge in [-0.25, -0.2) is 8.42 Å². The van der Waals surface area contributed by atoms with Crippen molar-refractivity contribution >= 4 is 27.9 Å². The molecule has 0 bridgehead atoms. The van der Waals surface area contributed by atoms with Gasteiger partial charge < -0.3 is 15.6 Å². The van der Waals surface area contributed by atoms with Crippen LogP contribution in [0.5, 0.6) is 0 Å². The molecule has 0 fully saturated rings. The van der Waals surface area contributed by atoms with E-state index < -0.39 is 45.6 Å². The second kappa shape index (κ2) is 6.31. The maximum absolute atomic E-state index is 11.6. The fourth-order valence-electron chi connectivity index (χ4n) is 0.974. The van der Waals surface area contributed by atoms with Crippen LogP contribution in [0.25, 0.3) is 0 Å². The van der Waals surface area contributed by atoms with E-state index in [1.165, 1.54) is 0 Å². The number of carboxylic acids is 1. The predicted molar refractivity (Wildman–Crippen MR) is 58.8 cm³/mol. The van der Waals surface area contributed by atoms with E-state index >= 15 is 0 Å². The minimum absolute atomic E-state index is 0.720.